The first-order valence-corrected chi connectivity index (χ1v) is 3.94. The van der Waals surface area contributed by atoms with Gasteiger partial charge in [0.05, 0.1) is 6.07 Å². The summed E-state index contributed by atoms with van der Waals surface area (Å²) in [5, 5.41) is 8.03. The Labute approximate surface area is 85.4 Å². The minimum atomic E-state index is -1.93. The number of hydrogen-bond donors (Lipinski definition) is 0. The summed E-state index contributed by atoms with van der Waals surface area (Å²) in [7, 11) is 0. The molecule has 0 fully saturated rings. The molecule has 0 aliphatic heterocycles. The van der Waals surface area contributed by atoms with Crippen molar-refractivity contribution in [1.29, 1.82) is 5.26 Å². The van der Waals surface area contributed by atoms with E-state index in [1.807, 2.05) is 6.07 Å². The molecule has 0 aromatic carbocycles. The van der Waals surface area contributed by atoms with Crippen LogP contribution in [-0.2, 0) is 11.1 Å². The maximum Gasteiger partial charge on any atom is 1.00 e. The van der Waals surface area contributed by atoms with Crippen LogP contribution in [0.1, 0.15) is 19.3 Å². The molecule has 5 heteroatoms. The maximum atomic E-state index is 9.88. The van der Waals surface area contributed by atoms with Crippen LogP contribution in [0.4, 0.5) is 0 Å². The van der Waals surface area contributed by atoms with Crippen molar-refractivity contribution in [1.82, 2.24) is 0 Å². The van der Waals surface area contributed by atoms with Crippen molar-refractivity contribution in [2.75, 3.05) is 5.75 Å². The standard InChI is InChI=1S/C5H9NO2S.Na/c6-4-2-1-3-5-9(7)8;/h1-3,5H2,(H,7,8);/q;+1/p-1. The molecule has 0 aliphatic rings. The van der Waals surface area contributed by atoms with Crippen LogP contribution in [-0.4, -0.2) is 14.5 Å². The van der Waals surface area contributed by atoms with E-state index in [0.29, 0.717) is 19.3 Å². The first-order valence-electron chi connectivity index (χ1n) is 2.70. The van der Waals surface area contributed by atoms with Crippen molar-refractivity contribution in [3.8, 4) is 6.07 Å². The van der Waals surface area contributed by atoms with E-state index in [2.05, 4.69) is 0 Å². The van der Waals surface area contributed by atoms with Crippen LogP contribution >= 0.6 is 0 Å². The fraction of sp³-hybridized carbons (Fsp3) is 0.800. The first-order chi connectivity index (χ1) is 4.27. The van der Waals surface area contributed by atoms with Gasteiger partial charge in [0.1, 0.15) is 0 Å². The van der Waals surface area contributed by atoms with Gasteiger partial charge in [-0.15, -0.1) is 0 Å². The molecule has 1 unspecified atom stereocenters. The van der Waals surface area contributed by atoms with E-state index in [-0.39, 0.29) is 35.3 Å². The SMILES string of the molecule is N#CCCCCS(=O)[O-].[Na+]. The number of hydrogen-bond acceptors (Lipinski definition) is 3. The molecule has 0 aromatic rings. The molecule has 0 spiro atoms. The molecule has 0 N–H and O–H groups in total. The fourth-order valence-corrected chi connectivity index (χ4v) is 0.864. The van der Waals surface area contributed by atoms with Gasteiger partial charge in [-0.05, 0) is 12.8 Å². The summed E-state index contributed by atoms with van der Waals surface area (Å²) >= 11 is -1.93. The second-order valence-corrected chi connectivity index (χ2v) is 2.64. The molecule has 10 heavy (non-hydrogen) atoms. The average molecular weight is 169 g/mol. The predicted octanol–water partition coefficient (Wildman–Crippen LogP) is -2.44. The Hall–Kier alpha value is 0.600. The van der Waals surface area contributed by atoms with Gasteiger partial charge < -0.3 is 4.55 Å². The Morgan fingerprint density at radius 1 is 1.50 bits per heavy atom. The molecule has 0 amide bonds. The minimum absolute atomic E-state index is 0. The van der Waals surface area contributed by atoms with E-state index >= 15 is 0 Å². The molecular weight excluding hydrogens is 161 g/mol. The summed E-state index contributed by atoms with van der Waals surface area (Å²) < 4.78 is 19.8. The van der Waals surface area contributed by atoms with Crippen molar-refractivity contribution < 1.29 is 38.3 Å². The molecule has 0 saturated heterocycles. The summed E-state index contributed by atoms with van der Waals surface area (Å²) in [6.45, 7) is 0. The summed E-state index contributed by atoms with van der Waals surface area (Å²) in [6, 6.07) is 1.94. The summed E-state index contributed by atoms with van der Waals surface area (Å²) in [5.74, 6) is 0.182. The van der Waals surface area contributed by atoms with E-state index in [9.17, 15) is 8.76 Å². The van der Waals surface area contributed by atoms with E-state index in [4.69, 9.17) is 5.26 Å². The van der Waals surface area contributed by atoms with Gasteiger partial charge in [-0.1, -0.05) is 11.1 Å². The third-order valence-electron chi connectivity index (χ3n) is 0.850. The van der Waals surface area contributed by atoms with Crippen LogP contribution in [0.15, 0.2) is 0 Å². The van der Waals surface area contributed by atoms with Crippen LogP contribution in [0, 0.1) is 11.3 Å². The van der Waals surface area contributed by atoms with Crippen LogP contribution in [0.2, 0.25) is 0 Å². The van der Waals surface area contributed by atoms with Gasteiger partial charge in [0, 0.05) is 12.2 Å². The predicted molar refractivity (Wildman–Crippen MR) is 33.3 cm³/mol. The first kappa shape index (κ1) is 13.2. The summed E-state index contributed by atoms with van der Waals surface area (Å²) in [6.07, 6.45) is 1.74. The van der Waals surface area contributed by atoms with E-state index < -0.39 is 11.1 Å². The van der Waals surface area contributed by atoms with Crippen molar-refractivity contribution in [2.45, 2.75) is 19.3 Å². The number of unbranched alkanes of at least 4 members (excludes halogenated alkanes) is 2. The maximum absolute atomic E-state index is 9.88. The second kappa shape index (κ2) is 9.60. The van der Waals surface area contributed by atoms with Gasteiger partial charge in [-0.2, -0.15) is 5.26 Å². The number of rotatable bonds is 4. The minimum Gasteiger partial charge on any atom is -0.772 e. The van der Waals surface area contributed by atoms with E-state index in [1.165, 1.54) is 0 Å². The normalized spacial score (nSPS) is 11.2. The molecule has 0 aromatic heterocycles. The van der Waals surface area contributed by atoms with Crippen LogP contribution < -0.4 is 29.6 Å². The molecule has 0 radical (unpaired) electrons. The zero-order valence-corrected chi connectivity index (χ0v) is 8.82. The second-order valence-electron chi connectivity index (χ2n) is 1.62. The third kappa shape index (κ3) is 11.4. The largest absolute Gasteiger partial charge is 1.00 e. The Morgan fingerprint density at radius 3 is 2.50 bits per heavy atom. The van der Waals surface area contributed by atoms with Crippen molar-refractivity contribution >= 4 is 11.1 Å². The van der Waals surface area contributed by atoms with Gasteiger partial charge in [0.25, 0.3) is 0 Å². The summed E-state index contributed by atoms with van der Waals surface area (Å²) in [4.78, 5) is 0. The molecule has 52 valence electrons. The summed E-state index contributed by atoms with van der Waals surface area (Å²) in [5.41, 5.74) is 0. The Bertz CT molecular complexity index is 134. The number of nitrogens with zero attached hydrogens (tertiary/aromatic N) is 1. The van der Waals surface area contributed by atoms with Crippen molar-refractivity contribution in [2.24, 2.45) is 0 Å². The van der Waals surface area contributed by atoms with Crippen molar-refractivity contribution in [3.05, 3.63) is 0 Å². The van der Waals surface area contributed by atoms with Gasteiger partial charge >= 0.3 is 29.6 Å². The van der Waals surface area contributed by atoms with Crippen LogP contribution in [0.25, 0.3) is 0 Å². The molecular formula is C5H8NNaO2S. The molecule has 3 nitrogen and oxygen atoms in total. The average Bonchev–Trinajstić information content (AvgIpc) is 1.80. The Kier molecular flexibility index (Phi) is 12.7. The van der Waals surface area contributed by atoms with Gasteiger partial charge in [-0.25, -0.2) is 0 Å². The van der Waals surface area contributed by atoms with E-state index in [1.54, 1.807) is 0 Å². The topological polar surface area (TPSA) is 63.9 Å². The van der Waals surface area contributed by atoms with Crippen LogP contribution in [0.5, 0.6) is 0 Å². The zero-order chi connectivity index (χ0) is 7.11. The molecule has 0 saturated carbocycles. The van der Waals surface area contributed by atoms with Gasteiger partial charge in [-0.3, -0.25) is 4.21 Å². The Balaban J connectivity index is 0. The molecule has 0 rings (SSSR count). The quantitative estimate of drug-likeness (QED) is 0.267. The van der Waals surface area contributed by atoms with Gasteiger partial charge in [0.15, 0.2) is 0 Å². The molecule has 0 bridgehead atoms. The monoisotopic (exact) mass is 169 g/mol. The molecule has 1 atom stereocenters. The third-order valence-corrected chi connectivity index (χ3v) is 1.47. The van der Waals surface area contributed by atoms with Gasteiger partial charge in [0.2, 0.25) is 0 Å². The van der Waals surface area contributed by atoms with Crippen molar-refractivity contribution in [3.63, 3.8) is 0 Å². The molecule has 0 aliphatic carbocycles. The van der Waals surface area contributed by atoms with E-state index in [0.717, 1.165) is 0 Å². The number of nitriles is 1. The smallest absolute Gasteiger partial charge is 0.772 e. The fourth-order valence-electron chi connectivity index (χ4n) is 0.424. The zero-order valence-electron chi connectivity index (χ0n) is 6.00. The Morgan fingerprint density at radius 2 is 2.10 bits per heavy atom. The molecule has 0 heterocycles. The van der Waals surface area contributed by atoms with Crippen LogP contribution in [0.3, 0.4) is 0 Å².